The smallest absolute Gasteiger partial charge is 0.317 e. The summed E-state index contributed by atoms with van der Waals surface area (Å²) in [6, 6.07) is -0.154. The van der Waals surface area contributed by atoms with Crippen molar-refractivity contribution < 1.29 is 19.4 Å². The number of urea groups is 1. The van der Waals surface area contributed by atoms with Crippen molar-refractivity contribution in [2.45, 2.75) is 26.2 Å². The van der Waals surface area contributed by atoms with Crippen LogP contribution in [0.3, 0.4) is 0 Å². The summed E-state index contributed by atoms with van der Waals surface area (Å²) in [7, 11) is 0. The maximum atomic E-state index is 12.0. The van der Waals surface area contributed by atoms with Crippen molar-refractivity contribution in [1.29, 1.82) is 0 Å². The van der Waals surface area contributed by atoms with Crippen molar-refractivity contribution in [2.75, 3.05) is 32.8 Å². The molecule has 0 bridgehead atoms. The zero-order valence-corrected chi connectivity index (χ0v) is 11.4. The molecule has 2 saturated heterocycles. The lowest BCUT2D eigenvalue weighted by atomic mass is 9.90. The quantitative estimate of drug-likeness (QED) is 0.799. The largest absolute Gasteiger partial charge is 0.481 e. The standard InChI is InChI=1S/C13H22N2O4/c1-13(4-6-19-9-13)8-14-12(18)15-5-2-3-10(7-15)11(16)17/h10H,2-9H2,1H3,(H,14,18)(H,16,17). The first-order valence-corrected chi connectivity index (χ1v) is 6.83. The molecule has 6 nitrogen and oxygen atoms in total. The van der Waals surface area contributed by atoms with Crippen LogP contribution in [0.4, 0.5) is 4.79 Å². The van der Waals surface area contributed by atoms with Gasteiger partial charge in [-0.05, 0) is 19.3 Å². The molecule has 0 saturated carbocycles. The molecule has 0 aromatic rings. The summed E-state index contributed by atoms with van der Waals surface area (Å²) < 4.78 is 5.34. The Hall–Kier alpha value is -1.30. The van der Waals surface area contributed by atoms with Gasteiger partial charge in [-0.2, -0.15) is 0 Å². The summed E-state index contributed by atoms with van der Waals surface area (Å²) in [5.41, 5.74) is 0.0116. The van der Waals surface area contributed by atoms with Gasteiger partial charge in [0.25, 0.3) is 0 Å². The van der Waals surface area contributed by atoms with E-state index in [0.29, 0.717) is 32.7 Å². The summed E-state index contributed by atoms with van der Waals surface area (Å²) in [6.45, 7) is 5.05. The fourth-order valence-electron chi connectivity index (χ4n) is 2.61. The summed E-state index contributed by atoms with van der Waals surface area (Å²) >= 11 is 0. The Kier molecular flexibility index (Phi) is 4.29. The number of nitrogens with one attached hydrogen (secondary N) is 1. The number of likely N-dealkylation sites (tertiary alicyclic amines) is 1. The summed E-state index contributed by atoms with van der Waals surface area (Å²) in [4.78, 5) is 24.6. The molecule has 0 aromatic carbocycles. The minimum atomic E-state index is -0.811. The number of hydrogen-bond acceptors (Lipinski definition) is 3. The highest BCUT2D eigenvalue weighted by atomic mass is 16.5. The molecule has 6 heteroatoms. The molecule has 2 fully saturated rings. The molecular formula is C13H22N2O4. The molecule has 2 amide bonds. The van der Waals surface area contributed by atoms with E-state index in [2.05, 4.69) is 12.2 Å². The Morgan fingerprint density at radius 3 is 2.95 bits per heavy atom. The molecule has 2 rings (SSSR count). The van der Waals surface area contributed by atoms with E-state index in [1.807, 2.05) is 0 Å². The maximum absolute atomic E-state index is 12.0. The van der Waals surface area contributed by atoms with E-state index in [-0.39, 0.29) is 11.4 Å². The topological polar surface area (TPSA) is 78.9 Å². The molecular weight excluding hydrogens is 248 g/mol. The predicted molar refractivity (Wildman–Crippen MR) is 68.9 cm³/mol. The number of aliphatic carboxylic acids is 1. The van der Waals surface area contributed by atoms with Crippen molar-refractivity contribution in [1.82, 2.24) is 10.2 Å². The van der Waals surface area contributed by atoms with Crippen LogP contribution in [-0.4, -0.2) is 54.9 Å². The van der Waals surface area contributed by atoms with Crippen LogP contribution < -0.4 is 5.32 Å². The van der Waals surface area contributed by atoms with Crippen molar-refractivity contribution >= 4 is 12.0 Å². The highest BCUT2D eigenvalue weighted by molar-refractivity contribution is 5.76. The first-order valence-electron chi connectivity index (χ1n) is 6.83. The fraction of sp³-hybridized carbons (Fsp3) is 0.846. The van der Waals surface area contributed by atoms with Gasteiger partial charge in [-0.15, -0.1) is 0 Å². The summed E-state index contributed by atoms with van der Waals surface area (Å²) in [5, 5.41) is 11.9. The zero-order valence-electron chi connectivity index (χ0n) is 11.4. The molecule has 0 aromatic heterocycles. The normalized spacial score (nSPS) is 31.2. The zero-order chi connectivity index (χ0) is 13.9. The van der Waals surface area contributed by atoms with Gasteiger partial charge in [-0.3, -0.25) is 4.79 Å². The van der Waals surface area contributed by atoms with E-state index in [4.69, 9.17) is 9.84 Å². The Balaban J connectivity index is 1.80. The van der Waals surface area contributed by atoms with E-state index < -0.39 is 11.9 Å². The first-order chi connectivity index (χ1) is 9.00. The Morgan fingerprint density at radius 2 is 2.32 bits per heavy atom. The lowest BCUT2D eigenvalue weighted by Crippen LogP contribution is -2.49. The highest BCUT2D eigenvalue weighted by Gasteiger charge is 2.32. The van der Waals surface area contributed by atoms with Gasteiger partial charge in [0.1, 0.15) is 0 Å². The van der Waals surface area contributed by atoms with Crippen LogP contribution in [0.5, 0.6) is 0 Å². The molecule has 2 heterocycles. The number of carboxylic acids is 1. The average Bonchev–Trinajstić information content (AvgIpc) is 2.83. The second-order valence-electron chi connectivity index (χ2n) is 5.90. The first kappa shape index (κ1) is 14.1. The molecule has 108 valence electrons. The minimum absolute atomic E-state index is 0.0116. The third-order valence-corrected chi connectivity index (χ3v) is 4.02. The number of amides is 2. The van der Waals surface area contributed by atoms with Gasteiger partial charge in [0, 0.05) is 31.7 Å². The minimum Gasteiger partial charge on any atom is -0.481 e. The van der Waals surface area contributed by atoms with Crippen molar-refractivity contribution in [2.24, 2.45) is 11.3 Å². The molecule has 2 aliphatic rings. The van der Waals surface area contributed by atoms with Crippen molar-refractivity contribution in [3.63, 3.8) is 0 Å². The van der Waals surface area contributed by atoms with Crippen molar-refractivity contribution in [3.8, 4) is 0 Å². The van der Waals surface area contributed by atoms with E-state index in [9.17, 15) is 9.59 Å². The second kappa shape index (κ2) is 5.77. The van der Waals surface area contributed by atoms with Crippen LogP contribution in [0.25, 0.3) is 0 Å². The van der Waals surface area contributed by atoms with Gasteiger partial charge in [-0.25, -0.2) is 4.79 Å². The Labute approximate surface area is 113 Å². The van der Waals surface area contributed by atoms with E-state index >= 15 is 0 Å². The molecule has 0 aliphatic carbocycles. The third kappa shape index (κ3) is 3.59. The molecule has 0 radical (unpaired) electrons. The van der Waals surface area contributed by atoms with Crippen LogP contribution in [0, 0.1) is 11.3 Å². The van der Waals surface area contributed by atoms with E-state index in [1.165, 1.54) is 0 Å². The Bertz CT molecular complexity index is 353. The SMILES string of the molecule is CC1(CNC(=O)N2CCCC(C(=O)O)C2)CCOC1. The van der Waals surface area contributed by atoms with Gasteiger partial charge in [-0.1, -0.05) is 6.92 Å². The van der Waals surface area contributed by atoms with Crippen molar-refractivity contribution in [3.05, 3.63) is 0 Å². The maximum Gasteiger partial charge on any atom is 0.317 e. The van der Waals surface area contributed by atoms with E-state index in [1.54, 1.807) is 4.90 Å². The van der Waals surface area contributed by atoms with Gasteiger partial charge in [0.15, 0.2) is 0 Å². The second-order valence-corrected chi connectivity index (χ2v) is 5.90. The average molecular weight is 270 g/mol. The molecule has 2 aliphatic heterocycles. The summed E-state index contributed by atoms with van der Waals surface area (Å²) in [5.74, 6) is -1.24. The molecule has 19 heavy (non-hydrogen) atoms. The monoisotopic (exact) mass is 270 g/mol. The van der Waals surface area contributed by atoms with Gasteiger partial charge in [0.05, 0.1) is 12.5 Å². The van der Waals surface area contributed by atoms with Crippen LogP contribution in [-0.2, 0) is 9.53 Å². The number of carbonyl (C=O) groups is 2. The van der Waals surface area contributed by atoms with E-state index in [0.717, 1.165) is 19.4 Å². The fourth-order valence-corrected chi connectivity index (χ4v) is 2.61. The lowest BCUT2D eigenvalue weighted by molar-refractivity contribution is -0.143. The molecule has 2 N–H and O–H groups in total. The highest BCUT2D eigenvalue weighted by Crippen LogP contribution is 2.26. The third-order valence-electron chi connectivity index (χ3n) is 4.02. The lowest BCUT2D eigenvalue weighted by Gasteiger charge is -2.32. The predicted octanol–water partition coefficient (Wildman–Crippen LogP) is 0.919. The number of ether oxygens (including phenoxy) is 1. The van der Waals surface area contributed by atoms with Gasteiger partial charge in [0.2, 0.25) is 0 Å². The number of hydrogen-bond donors (Lipinski definition) is 2. The van der Waals surface area contributed by atoms with Crippen LogP contribution >= 0.6 is 0 Å². The molecule has 2 unspecified atom stereocenters. The summed E-state index contributed by atoms with van der Waals surface area (Å²) in [6.07, 6.45) is 2.36. The number of rotatable bonds is 3. The number of nitrogens with zero attached hydrogens (tertiary/aromatic N) is 1. The number of piperidine rings is 1. The van der Waals surface area contributed by atoms with Crippen LogP contribution in [0.1, 0.15) is 26.2 Å². The van der Waals surface area contributed by atoms with Crippen LogP contribution in [0.2, 0.25) is 0 Å². The van der Waals surface area contributed by atoms with Crippen LogP contribution in [0.15, 0.2) is 0 Å². The number of carboxylic acid groups (broad SMARTS) is 1. The molecule has 2 atom stereocenters. The number of carbonyl (C=O) groups excluding carboxylic acids is 1. The van der Waals surface area contributed by atoms with Gasteiger partial charge >= 0.3 is 12.0 Å². The molecule has 0 spiro atoms. The Morgan fingerprint density at radius 1 is 1.53 bits per heavy atom. The van der Waals surface area contributed by atoms with Gasteiger partial charge < -0.3 is 20.1 Å².